The summed E-state index contributed by atoms with van der Waals surface area (Å²) in [6.45, 7) is 9.69. The Hall–Kier alpha value is -2.55. The van der Waals surface area contributed by atoms with Crippen LogP contribution in [0.3, 0.4) is 0 Å². The Morgan fingerprint density at radius 1 is 0.960 bits per heavy atom. The average Bonchev–Trinajstić information content (AvgIpc) is 2.62. The van der Waals surface area contributed by atoms with Crippen LogP contribution >= 0.6 is 0 Å². The molecule has 0 aromatic heterocycles. The van der Waals surface area contributed by atoms with Crippen molar-refractivity contribution in [3.05, 3.63) is 70.8 Å². The summed E-state index contributed by atoms with van der Waals surface area (Å²) in [5.41, 5.74) is 6.22. The van der Waals surface area contributed by atoms with Gasteiger partial charge in [-0.15, -0.1) is 0 Å². The number of rotatable bonds is 3. The smallest absolute Gasteiger partial charge is 0.246 e. The molecule has 130 valence electrons. The Morgan fingerprint density at radius 2 is 1.68 bits per heavy atom. The number of aryl methyl sites for hydroxylation is 2. The number of piperazine rings is 1. The molecule has 0 radical (unpaired) electrons. The minimum atomic E-state index is 0.0992. The molecule has 2 aromatic rings. The molecule has 0 N–H and O–H groups in total. The van der Waals surface area contributed by atoms with Gasteiger partial charge in [-0.3, -0.25) is 4.79 Å². The maximum atomic E-state index is 12.4. The van der Waals surface area contributed by atoms with Crippen molar-refractivity contribution in [3.63, 3.8) is 0 Å². The van der Waals surface area contributed by atoms with E-state index in [1.165, 1.54) is 22.4 Å². The molecule has 1 aliphatic heterocycles. The van der Waals surface area contributed by atoms with Gasteiger partial charge in [-0.2, -0.15) is 0 Å². The standard InChI is InChI=1S/C22H26N2O/c1-17-6-4-8-20(16-17)10-11-22(25)24-14-12-23(13-15-24)21-9-5-7-18(2)19(21)3/h4-11,16H,12-15H2,1-3H3/b11-10+. The second-order valence-electron chi connectivity index (χ2n) is 6.78. The zero-order valence-electron chi connectivity index (χ0n) is 15.3. The first-order valence-electron chi connectivity index (χ1n) is 8.89. The molecule has 1 heterocycles. The third-order valence-corrected chi connectivity index (χ3v) is 4.97. The minimum absolute atomic E-state index is 0.0992. The van der Waals surface area contributed by atoms with Gasteiger partial charge in [0.25, 0.3) is 0 Å². The zero-order chi connectivity index (χ0) is 17.8. The van der Waals surface area contributed by atoms with E-state index in [2.05, 4.69) is 56.0 Å². The first-order valence-corrected chi connectivity index (χ1v) is 8.89. The van der Waals surface area contributed by atoms with Gasteiger partial charge >= 0.3 is 0 Å². The molecule has 2 aromatic carbocycles. The second kappa shape index (κ2) is 7.56. The van der Waals surface area contributed by atoms with Crippen LogP contribution in [0.2, 0.25) is 0 Å². The van der Waals surface area contributed by atoms with E-state index < -0.39 is 0 Å². The minimum Gasteiger partial charge on any atom is -0.368 e. The van der Waals surface area contributed by atoms with E-state index in [0.29, 0.717) is 0 Å². The lowest BCUT2D eigenvalue weighted by atomic mass is 10.1. The van der Waals surface area contributed by atoms with Crippen LogP contribution in [-0.4, -0.2) is 37.0 Å². The number of amides is 1. The first-order chi connectivity index (χ1) is 12.0. The highest BCUT2D eigenvalue weighted by Gasteiger charge is 2.20. The Balaban J connectivity index is 1.60. The fourth-order valence-electron chi connectivity index (χ4n) is 3.29. The number of benzene rings is 2. The highest BCUT2D eigenvalue weighted by molar-refractivity contribution is 5.92. The van der Waals surface area contributed by atoms with Crippen molar-refractivity contribution in [2.45, 2.75) is 20.8 Å². The summed E-state index contributed by atoms with van der Waals surface area (Å²) >= 11 is 0. The van der Waals surface area contributed by atoms with Crippen molar-refractivity contribution in [1.82, 2.24) is 4.90 Å². The maximum absolute atomic E-state index is 12.4. The maximum Gasteiger partial charge on any atom is 0.246 e. The number of carbonyl (C=O) groups excluding carboxylic acids is 1. The highest BCUT2D eigenvalue weighted by atomic mass is 16.2. The molecule has 25 heavy (non-hydrogen) atoms. The molecule has 3 heteroatoms. The zero-order valence-corrected chi connectivity index (χ0v) is 15.3. The first kappa shape index (κ1) is 17.3. The molecular formula is C22H26N2O. The average molecular weight is 334 g/mol. The molecule has 3 rings (SSSR count). The third-order valence-electron chi connectivity index (χ3n) is 4.97. The number of nitrogens with zero attached hydrogens (tertiary/aromatic N) is 2. The topological polar surface area (TPSA) is 23.6 Å². The van der Waals surface area contributed by atoms with Gasteiger partial charge in [0.05, 0.1) is 0 Å². The second-order valence-corrected chi connectivity index (χ2v) is 6.78. The molecule has 0 saturated carbocycles. The molecule has 1 aliphatic rings. The van der Waals surface area contributed by atoms with E-state index in [9.17, 15) is 4.79 Å². The number of hydrogen-bond acceptors (Lipinski definition) is 2. The fraction of sp³-hybridized carbons (Fsp3) is 0.318. The van der Waals surface area contributed by atoms with Crippen LogP contribution in [0.4, 0.5) is 5.69 Å². The van der Waals surface area contributed by atoms with E-state index in [-0.39, 0.29) is 5.91 Å². The summed E-state index contributed by atoms with van der Waals surface area (Å²) in [5.74, 6) is 0.0992. The van der Waals surface area contributed by atoms with Gasteiger partial charge in [0.15, 0.2) is 0 Å². The highest BCUT2D eigenvalue weighted by Crippen LogP contribution is 2.23. The van der Waals surface area contributed by atoms with Gasteiger partial charge in [-0.25, -0.2) is 0 Å². The Labute approximate surface area is 150 Å². The Kier molecular flexibility index (Phi) is 5.22. The SMILES string of the molecule is Cc1cccc(/C=C/C(=O)N2CCN(c3cccc(C)c3C)CC2)c1. The molecule has 0 spiro atoms. The molecule has 0 aliphatic carbocycles. The van der Waals surface area contributed by atoms with Crippen LogP contribution in [0.25, 0.3) is 6.08 Å². The predicted molar refractivity (Wildman–Crippen MR) is 105 cm³/mol. The van der Waals surface area contributed by atoms with Crippen LogP contribution in [0.15, 0.2) is 48.5 Å². The van der Waals surface area contributed by atoms with Gasteiger partial charge in [-0.1, -0.05) is 42.0 Å². The van der Waals surface area contributed by atoms with Gasteiger partial charge in [0, 0.05) is 37.9 Å². The van der Waals surface area contributed by atoms with Gasteiger partial charge in [0.1, 0.15) is 0 Å². The molecular weight excluding hydrogens is 308 g/mol. The van der Waals surface area contributed by atoms with Gasteiger partial charge in [-0.05, 0) is 49.6 Å². The van der Waals surface area contributed by atoms with Crippen LogP contribution in [0.5, 0.6) is 0 Å². The Bertz CT molecular complexity index is 786. The molecule has 1 amide bonds. The Morgan fingerprint density at radius 3 is 2.40 bits per heavy atom. The largest absolute Gasteiger partial charge is 0.368 e. The van der Waals surface area contributed by atoms with Gasteiger partial charge < -0.3 is 9.80 Å². The quantitative estimate of drug-likeness (QED) is 0.793. The van der Waals surface area contributed by atoms with Crippen LogP contribution in [0.1, 0.15) is 22.3 Å². The van der Waals surface area contributed by atoms with Crippen molar-refractivity contribution < 1.29 is 4.79 Å². The lowest BCUT2D eigenvalue weighted by Gasteiger charge is -2.36. The van der Waals surface area contributed by atoms with E-state index in [0.717, 1.165) is 31.7 Å². The summed E-state index contributed by atoms with van der Waals surface area (Å²) in [6.07, 6.45) is 3.61. The predicted octanol–water partition coefficient (Wildman–Crippen LogP) is 3.97. The van der Waals surface area contributed by atoms with Crippen LogP contribution in [-0.2, 0) is 4.79 Å². The molecule has 0 bridgehead atoms. The van der Waals surface area contributed by atoms with Crippen molar-refractivity contribution in [3.8, 4) is 0 Å². The summed E-state index contributed by atoms with van der Waals surface area (Å²) in [5, 5.41) is 0. The lowest BCUT2D eigenvalue weighted by Crippen LogP contribution is -2.48. The van der Waals surface area contributed by atoms with Crippen molar-refractivity contribution >= 4 is 17.7 Å². The van der Waals surface area contributed by atoms with E-state index >= 15 is 0 Å². The summed E-state index contributed by atoms with van der Waals surface area (Å²) in [6, 6.07) is 14.6. The van der Waals surface area contributed by atoms with Crippen molar-refractivity contribution in [2.24, 2.45) is 0 Å². The molecule has 1 fully saturated rings. The monoisotopic (exact) mass is 334 g/mol. The van der Waals surface area contributed by atoms with Crippen LogP contribution in [0, 0.1) is 20.8 Å². The van der Waals surface area contributed by atoms with Gasteiger partial charge in [0.2, 0.25) is 5.91 Å². The summed E-state index contributed by atoms with van der Waals surface area (Å²) in [7, 11) is 0. The molecule has 1 saturated heterocycles. The fourth-order valence-corrected chi connectivity index (χ4v) is 3.29. The summed E-state index contributed by atoms with van der Waals surface area (Å²) < 4.78 is 0. The number of anilines is 1. The molecule has 0 atom stereocenters. The lowest BCUT2D eigenvalue weighted by molar-refractivity contribution is -0.126. The van der Waals surface area contributed by atoms with Crippen molar-refractivity contribution in [2.75, 3.05) is 31.1 Å². The van der Waals surface area contributed by atoms with E-state index in [1.54, 1.807) is 6.08 Å². The number of hydrogen-bond donors (Lipinski definition) is 0. The van der Waals surface area contributed by atoms with E-state index in [4.69, 9.17) is 0 Å². The number of carbonyl (C=O) groups is 1. The van der Waals surface area contributed by atoms with Crippen LogP contribution < -0.4 is 4.90 Å². The van der Waals surface area contributed by atoms with E-state index in [1.807, 2.05) is 23.1 Å². The van der Waals surface area contributed by atoms with Crippen molar-refractivity contribution in [1.29, 1.82) is 0 Å². The third kappa shape index (κ3) is 4.11. The molecule has 3 nitrogen and oxygen atoms in total. The summed E-state index contributed by atoms with van der Waals surface area (Å²) in [4.78, 5) is 16.8. The molecule has 0 unspecified atom stereocenters. The normalized spacial score (nSPS) is 15.0.